The monoisotopic (exact) mass is 182 g/mol. The van der Waals surface area contributed by atoms with Crippen LogP contribution in [0.5, 0.6) is 0 Å². The summed E-state index contributed by atoms with van der Waals surface area (Å²) in [6.45, 7) is 1.06. The molecule has 0 aromatic rings. The Labute approximate surface area is 81.9 Å². The Morgan fingerprint density at radius 2 is 1.00 bits per heavy atom. The molecule has 0 amide bonds. The van der Waals surface area contributed by atoms with Gasteiger partial charge in [-0.05, 0) is 12.8 Å². The van der Waals surface area contributed by atoms with E-state index in [4.69, 9.17) is 4.74 Å². The van der Waals surface area contributed by atoms with E-state index in [2.05, 4.69) is 0 Å². The summed E-state index contributed by atoms with van der Waals surface area (Å²) in [7, 11) is 0. The van der Waals surface area contributed by atoms with Gasteiger partial charge in [-0.3, -0.25) is 0 Å². The van der Waals surface area contributed by atoms with Gasteiger partial charge < -0.3 is 4.74 Å². The Balaban J connectivity index is 1.75. The van der Waals surface area contributed by atoms with Crippen molar-refractivity contribution >= 4 is 0 Å². The fourth-order valence-electron chi connectivity index (χ4n) is 2.47. The van der Waals surface area contributed by atoms with Gasteiger partial charge in [-0.2, -0.15) is 0 Å². The van der Waals surface area contributed by atoms with Crippen molar-refractivity contribution in [1.82, 2.24) is 0 Å². The Morgan fingerprint density at radius 1 is 0.615 bits per heavy atom. The topological polar surface area (TPSA) is 12.5 Å². The van der Waals surface area contributed by atoms with E-state index in [1.165, 1.54) is 64.2 Å². The molecule has 76 valence electrons. The highest BCUT2D eigenvalue weighted by atomic mass is 16.6. The van der Waals surface area contributed by atoms with Gasteiger partial charge in [-0.15, -0.1) is 0 Å². The lowest BCUT2D eigenvalue weighted by atomic mass is 9.96. The number of ether oxygens (including phenoxy) is 1. The van der Waals surface area contributed by atoms with Gasteiger partial charge in [0, 0.05) is 0 Å². The second kappa shape index (κ2) is 4.45. The van der Waals surface area contributed by atoms with Crippen LogP contribution in [0.15, 0.2) is 0 Å². The van der Waals surface area contributed by atoms with Crippen LogP contribution < -0.4 is 0 Å². The first-order valence-corrected chi connectivity index (χ1v) is 6.05. The lowest BCUT2D eigenvalue weighted by Gasteiger charge is -2.09. The first-order valence-electron chi connectivity index (χ1n) is 6.05. The largest absolute Gasteiger partial charge is 0.370 e. The smallest absolute Gasteiger partial charge is 0.0916 e. The van der Waals surface area contributed by atoms with Gasteiger partial charge >= 0.3 is 0 Å². The fourth-order valence-corrected chi connectivity index (χ4v) is 2.47. The molecular weight excluding hydrogens is 160 g/mol. The molecule has 2 fully saturated rings. The van der Waals surface area contributed by atoms with E-state index in [0.717, 1.165) is 6.61 Å². The zero-order valence-corrected chi connectivity index (χ0v) is 8.69. The van der Waals surface area contributed by atoms with Crippen LogP contribution in [0.4, 0.5) is 0 Å². The van der Waals surface area contributed by atoms with Gasteiger partial charge in [-0.1, -0.05) is 51.4 Å². The molecule has 1 aliphatic heterocycles. The molecule has 1 heterocycles. The fraction of sp³-hybridized carbons (Fsp3) is 1.00. The van der Waals surface area contributed by atoms with Crippen LogP contribution in [-0.2, 0) is 4.74 Å². The van der Waals surface area contributed by atoms with Gasteiger partial charge in [0.05, 0.1) is 12.2 Å². The van der Waals surface area contributed by atoms with Gasteiger partial charge in [0.15, 0.2) is 0 Å². The normalized spacial score (nSPS) is 29.5. The van der Waals surface area contributed by atoms with E-state index in [1.54, 1.807) is 0 Å². The molecule has 1 saturated heterocycles. The number of hydrogen-bond acceptors (Lipinski definition) is 1. The van der Waals surface area contributed by atoms with Crippen LogP contribution in [0.25, 0.3) is 0 Å². The Kier molecular flexibility index (Phi) is 3.26. The predicted molar refractivity (Wildman–Crippen MR) is 54.9 cm³/mol. The molecule has 0 unspecified atom stereocenters. The molecule has 2 rings (SSSR count). The maximum absolute atomic E-state index is 5.61. The van der Waals surface area contributed by atoms with E-state index in [-0.39, 0.29) is 0 Å². The minimum atomic E-state index is 0.379. The summed E-state index contributed by atoms with van der Waals surface area (Å²) in [6, 6.07) is 0. The Hall–Kier alpha value is -0.0400. The molecular formula is C12H22O. The van der Waals surface area contributed by atoms with Crippen molar-refractivity contribution in [3.63, 3.8) is 0 Å². The second-order valence-corrected chi connectivity index (χ2v) is 4.80. The van der Waals surface area contributed by atoms with Crippen molar-refractivity contribution in [3.8, 4) is 0 Å². The summed E-state index contributed by atoms with van der Waals surface area (Å²) in [6.07, 6.45) is 14.2. The maximum atomic E-state index is 5.61. The van der Waals surface area contributed by atoms with Crippen molar-refractivity contribution in [2.75, 3.05) is 6.61 Å². The average molecular weight is 182 g/mol. The molecule has 13 heavy (non-hydrogen) atoms. The Morgan fingerprint density at radius 3 is 1.38 bits per heavy atom. The molecule has 0 radical (unpaired) electrons. The van der Waals surface area contributed by atoms with Gasteiger partial charge in [-0.25, -0.2) is 0 Å². The zero-order chi connectivity index (χ0) is 8.99. The average Bonchev–Trinajstić information content (AvgIpc) is 2.90. The lowest BCUT2D eigenvalue weighted by Crippen LogP contribution is -2.10. The van der Waals surface area contributed by atoms with Crippen LogP contribution in [0, 0.1) is 0 Å². The van der Waals surface area contributed by atoms with Gasteiger partial charge in [0.2, 0.25) is 0 Å². The number of epoxide rings is 1. The van der Waals surface area contributed by atoms with E-state index < -0.39 is 0 Å². The maximum Gasteiger partial charge on any atom is 0.0916 e. The molecule has 0 N–H and O–H groups in total. The second-order valence-electron chi connectivity index (χ2n) is 4.80. The van der Waals surface area contributed by atoms with Crippen LogP contribution in [0.1, 0.15) is 64.2 Å². The van der Waals surface area contributed by atoms with Crippen LogP contribution in [-0.4, -0.2) is 12.2 Å². The molecule has 1 aliphatic carbocycles. The van der Waals surface area contributed by atoms with Crippen molar-refractivity contribution in [1.29, 1.82) is 0 Å². The van der Waals surface area contributed by atoms with E-state index in [9.17, 15) is 0 Å². The summed E-state index contributed by atoms with van der Waals surface area (Å²) in [5.74, 6) is 0. The predicted octanol–water partition coefficient (Wildman–Crippen LogP) is 3.67. The standard InChI is InChI=1S/C12H22O/c1-2-4-6-8-10-12(11-13-12)9-7-5-3-1/h1-11H2. The third-order valence-corrected chi connectivity index (χ3v) is 3.57. The quantitative estimate of drug-likeness (QED) is 0.521. The first kappa shape index (κ1) is 9.51. The summed E-state index contributed by atoms with van der Waals surface area (Å²) in [5.41, 5.74) is 0.379. The zero-order valence-electron chi connectivity index (χ0n) is 8.69. The number of hydrogen-bond donors (Lipinski definition) is 0. The summed E-state index contributed by atoms with van der Waals surface area (Å²) >= 11 is 0. The van der Waals surface area contributed by atoms with Crippen LogP contribution in [0.3, 0.4) is 0 Å². The molecule has 0 aromatic carbocycles. The van der Waals surface area contributed by atoms with Gasteiger partial charge in [0.1, 0.15) is 0 Å². The highest BCUT2D eigenvalue weighted by molar-refractivity contribution is 4.91. The van der Waals surface area contributed by atoms with Crippen molar-refractivity contribution in [2.45, 2.75) is 69.8 Å². The minimum Gasteiger partial charge on any atom is -0.370 e. The third-order valence-electron chi connectivity index (χ3n) is 3.57. The van der Waals surface area contributed by atoms with E-state index in [0.29, 0.717) is 5.60 Å². The SMILES string of the molecule is C1CCCCCC2(CCCC1)CO2. The summed E-state index contributed by atoms with van der Waals surface area (Å²) in [5, 5.41) is 0. The molecule has 0 atom stereocenters. The third kappa shape index (κ3) is 2.98. The van der Waals surface area contributed by atoms with E-state index >= 15 is 0 Å². The highest BCUT2D eigenvalue weighted by Crippen LogP contribution is 2.38. The first-order chi connectivity index (χ1) is 6.41. The van der Waals surface area contributed by atoms with Crippen molar-refractivity contribution in [2.24, 2.45) is 0 Å². The Bertz CT molecular complexity index is 135. The molecule has 1 heteroatoms. The van der Waals surface area contributed by atoms with E-state index in [1.807, 2.05) is 0 Å². The molecule has 1 nitrogen and oxygen atoms in total. The van der Waals surface area contributed by atoms with Gasteiger partial charge in [0.25, 0.3) is 0 Å². The minimum absolute atomic E-state index is 0.379. The molecule has 0 bridgehead atoms. The molecule has 1 spiro atoms. The number of rotatable bonds is 0. The lowest BCUT2D eigenvalue weighted by molar-refractivity contribution is 0.262. The van der Waals surface area contributed by atoms with Crippen molar-refractivity contribution < 1.29 is 4.74 Å². The van der Waals surface area contributed by atoms with Crippen LogP contribution >= 0.6 is 0 Å². The summed E-state index contributed by atoms with van der Waals surface area (Å²) < 4.78 is 5.61. The summed E-state index contributed by atoms with van der Waals surface area (Å²) in [4.78, 5) is 0. The highest BCUT2D eigenvalue weighted by Gasteiger charge is 2.42. The van der Waals surface area contributed by atoms with Crippen LogP contribution in [0.2, 0.25) is 0 Å². The molecule has 1 saturated carbocycles. The molecule has 2 aliphatic rings. The molecule has 0 aromatic heterocycles. The van der Waals surface area contributed by atoms with Crippen molar-refractivity contribution in [3.05, 3.63) is 0 Å².